The number of anilines is 1. The maximum atomic E-state index is 13.4. The molecule has 0 radical (unpaired) electrons. The molecular formula is C33H36N4O5. The van der Waals surface area contributed by atoms with E-state index < -0.39 is 0 Å². The van der Waals surface area contributed by atoms with Crippen molar-refractivity contribution < 1.29 is 23.8 Å². The van der Waals surface area contributed by atoms with Crippen LogP contribution in [0.25, 0.3) is 0 Å². The Morgan fingerprint density at radius 2 is 1.88 bits per heavy atom. The lowest BCUT2D eigenvalue weighted by molar-refractivity contribution is -0.116. The Morgan fingerprint density at radius 1 is 1.05 bits per heavy atom. The van der Waals surface area contributed by atoms with Crippen LogP contribution in [0.1, 0.15) is 52.7 Å². The summed E-state index contributed by atoms with van der Waals surface area (Å²) in [7, 11) is 1.68. The number of ether oxygens (including phenoxy) is 3. The predicted octanol–water partition coefficient (Wildman–Crippen LogP) is 4.65. The molecule has 1 N–H and O–H groups in total. The zero-order valence-corrected chi connectivity index (χ0v) is 24.1. The third-order valence-electron chi connectivity index (χ3n) is 9.14. The molecule has 9 heteroatoms. The van der Waals surface area contributed by atoms with Crippen LogP contribution in [0.15, 0.2) is 48.7 Å². The monoisotopic (exact) mass is 568 g/mol. The van der Waals surface area contributed by atoms with Crippen molar-refractivity contribution in [2.45, 2.75) is 44.8 Å². The van der Waals surface area contributed by atoms with Gasteiger partial charge in [0.05, 0.1) is 7.11 Å². The van der Waals surface area contributed by atoms with Crippen LogP contribution < -0.4 is 19.5 Å². The van der Waals surface area contributed by atoms with Gasteiger partial charge in [-0.05, 0) is 43.3 Å². The quantitative estimate of drug-likeness (QED) is 0.373. The molecule has 3 aromatic rings. The fourth-order valence-corrected chi connectivity index (χ4v) is 6.62. The summed E-state index contributed by atoms with van der Waals surface area (Å²) in [4.78, 5) is 34.3. The Kier molecular flexibility index (Phi) is 7.07. The molecule has 1 aliphatic carbocycles. The van der Waals surface area contributed by atoms with Gasteiger partial charge in [0.2, 0.25) is 5.91 Å². The summed E-state index contributed by atoms with van der Waals surface area (Å²) < 4.78 is 18.2. The van der Waals surface area contributed by atoms with Crippen molar-refractivity contribution in [3.63, 3.8) is 0 Å². The van der Waals surface area contributed by atoms with Gasteiger partial charge in [-0.2, -0.15) is 0 Å². The number of nitrogens with one attached hydrogen (secondary N) is 1. The van der Waals surface area contributed by atoms with Crippen LogP contribution >= 0.6 is 0 Å². The first-order valence-corrected chi connectivity index (χ1v) is 14.9. The van der Waals surface area contributed by atoms with Gasteiger partial charge in [0, 0.05) is 85.9 Å². The number of amides is 1. The second-order valence-electron chi connectivity index (χ2n) is 11.6. The highest BCUT2D eigenvalue weighted by Crippen LogP contribution is 2.60. The maximum absolute atomic E-state index is 13.4. The summed E-state index contributed by atoms with van der Waals surface area (Å²) in [5.74, 6) is 4.00. The van der Waals surface area contributed by atoms with E-state index in [1.54, 1.807) is 13.3 Å². The minimum atomic E-state index is -0.0300. The zero-order valence-electron chi connectivity index (χ0n) is 24.1. The van der Waals surface area contributed by atoms with Gasteiger partial charge in [-0.25, -0.2) is 4.98 Å². The average Bonchev–Trinajstić information content (AvgIpc) is 3.53. The van der Waals surface area contributed by atoms with Crippen molar-refractivity contribution in [1.29, 1.82) is 0 Å². The van der Waals surface area contributed by atoms with E-state index in [0.717, 1.165) is 67.5 Å². The van der Waals surface area contributed by atoms with Gasteiger partial charge in [-0.15, -0.1) is 0 Å². The lowest BCUT2D eigenvalue weighted by Crippen LogP contribution is -2.45. The molecular weight excluding hydrogens is 532 g/mol. The standard InChI is InChI=1S/C33H36N4O5/c1-3-36-12-14-37(15-13-36)19-21-5-4-20(16-29(21)40-2)26(38)18-25-31-24-17-22(6-8-27(24)42-32(25)31)41-28-10-11-34-33-23(28)7-9-30(39)35-33/h4-6,8,10-11,16-17,25,31-32H,3,7,9,12-15,18-19H2,1-2H3,(H,34,35,39)/t25-,31-,32+/m0/s1. The molecule has 1 aromatic heterocycles. The lowest BCUT2D eigenvalue weighted by Gasteiger charge is -2.34. The number of carbonyl (C=O) groups is 2. The van der Waals surface area contributed by atoms with Crippen molar-refractivity contribution in [1.82, 2.24) is 14.8 Å². The molecule has 1 amide bonds. The lowest BCUT2D eigenvalue weighted by atomic mass is 10.00. The Hall–Kier alpha value is -3.95. The van der Waals surface area contributed by atoms with Gasteiger partial charge in [0.1, 0.15) is 34.9 Å². The first kappa shape index (κ1) is 26.9. The normalized spacial score (nSPS) is 22.8. The van der Waals surface area contributed by atoms with Crippen LogP contribution in [0.3, 0.4) is 0 Å². The van der Waals surface area contributed by atoms with Crippen molar-refractivity contribution in [2.75, 3.05) is 45.2 Å². The number of ketones is 1. The Morgan fingerprint density at radius 3 is 2.69 bits per heavy atom. The number of aromatic nitrogens is 1. The highest BCUT2D eigenvalue weighted by molar-refractivity contribution is 5.97. The Balaban J connectivity index is 1.00. The Labute approximate surface area is 245 Å². The van der Waals surface area contributed by atoms with Gasteiger partial charge in [-0.1, -0.05) is 19.1 Å². The molecule has 3 aliphatic heterocycles. The van der Waals surface area contributed by atoms with Gasteiger partial charge in [-0.3, -0.25) is 14.5 Å². The zero-order chi connectivity index (χ0) is 28.8. The SMILES string of the molecule is CCN1CCN(Cc2ccc(C(=O)C[C@@H]3[C@H]4Oc5ccc(Oc6ccnc7c6CCC(=O)N7)cc5[C@@H]34)cc2OC)CC1. The number of likely N-dealkylation sites (N-methyl/N-ethyl adjacent to an activating group) is 1. The topological polar surface area (TPSA) is 93.2 Å². The summed E-state index contributed by atoms with van der Waals surface area (Å²) in [6, 6.07) is 13.6. The van der Waals surface area contributed by atoms with Crippen LogP contribution in [0.2, 0.25) is 0 Å². The average molecular weight is 569 g/mol. The molecule has 7 rings (SSSR count). The summed E-state index contributed by atoms with van der Waals surface area (Å²) in [5, 5.41) is 2.82. The van der Waals surface area contributed by atoms with E-state index in [2.05, 4.69) is 27.0 Å². The number of rotatable bonds is 9. The van der Waals surface area contributed by atoms with Crippen molar-refractivity contribution in [3.05, 3.63) is 70.9 Å². The van der Waals surface area contributed by atoms with Crippen LogP contribution in [-0.2, 0) is 17.8 Å². The molecule has 42 heavy (non-hydrogen) atoms. The molecule has 1 saturated carbocycles. The third kappa shape index (κ3) is 5.12. The minimum absolute atomic E-state index is 0.0195. The number of nitrogens with zero attached hydrogens (tertiary/aromatic N) is 3. The third-order valence-corrected chi connectivity index (χ3v) is 9.14. The van der Waals surface area contributed by atoms with E-state index in [1.165, 1.54) is 0 Å². The number of carbonyl (C=O) groups excluding carboxylic acids is 2. The highest BCUT2D eigenvalue weighted by Gasteiger charge is 2.59. The first-order valence-electron chi connectivity index (χ1n) is 14.9. The molecule has 4 aliphatic rings. The fourth-order valence-electron chi connectivity index (χ4n) is 6.62. The summed E-state index contributed by atoms with van der Waals surface area (Å²) in [6.45, 7) is 8.38. The molecule has 4 heterocycles. The molecule has 1 saturated heterocycles. The molecule has 9 nitrogen and oxygen atoms in total. The van der Waals surface area contributed by atoms with Gasteiger partial charge in [0.25, 0.3) is 0 Å². The van der Waals surface area contributed by atoms with Crippen LogP contribution in [0.4, 0.5) is 5.82 Å². The Bertz CT molecular complexity index is 1530. The number of hydrogen-bond donors (Lipinski definition) is 1. The molecule has 0 spiro atoms. The molecule has 218 valence electrons. The van der Waals surface area contributed by atoms with Crippen molar-refractivity contribution in [2.24, 2.45) is 5.92 Å². The van der Waals surface area contributed by atoms with E-state index in [4.69, 9.17) is 14.2 Å². The maximum Gasteiger partial charge on any atom is 0.225 e. The highest BCUT2D eigenvalue weighted by atomic mass is 16.5. The number of benzene rings is 2. The van der Waals surface area contributed by atoms with E-state index in [-0.39, 0.29) is 29.6 Å². The predicted molar refractivity (Wildman–Crippen MR) is 158 cm³/mol. The largest absolute Gasteiger partial charge is 0.496 e. The van der Waals surface area contributed by atoms with E-state index in [1.807, 2.05) is 42.5 Å². The number of pyridine rings is 1. The van der Waals surface area contributed by atoms with Gasteiger partial charge < -0.3 is 24.4 Å². The van der Waals surface area contributed by atoms with Gasteiger partial charge in [0.15, 0.2) is 5.78 Å². The number of Topliss-reactive ketones (excluding diaryl/α,β-unsaturated/α-hetero) is 1. The minimum Gasteiger partial charge on any atom is -0.496 e. The molecule has 0 unspecified atom stereocenters. The van der Waals surface area contributed by atoms with Gasteiger partial charge >= 0.3 is 0 Å². The summed E-state index contributed by atoms with van der Waals surface area (Å²) >= 11 is 0. The van der Waals surface area contributed by atoms with E-state index in [0.29, 0.717) is 42.1 Å². The van der Waals surface area contributed by atoms with Crippen molar-refractivity contribution >= 4 is 17.5 Å². The number of fused-ring (bicyclic) bond motifs is 4. The van der Waals surface area contributed by atoms with E-state index >= 15 is 0 Å². The first-order chi connectivity index (χ1) is 20.5. The molecule has 2 aromatic carbocycles. The second kappa shape index (κ2) is 11.0. The number of methoxy groups -OCH3 is 1. The smallest absolute Gasteiger partial charge is 0.225 e. The van der Waals surface area contributed by atoms with E-state index in [9.17, 15) is 9.59 Å². The summed E-state index contributed by atoms with van der Waals surface area (Å²) in [6.07, 6.45) is 3.10. The van der Waals surface area contributed by atoms with Crippen LogP contribution in [0, 0.1) is 5.92 Å². The van der Waals surface area contributed by atoms with Crippen molar-refractivity contribution in [3.8, 4) is 23.0 Å². The fraction of sp³-hybridized carbons (Fsp3) is 0.424. The summed E-state index contributed by atoms with van der Waals surface area (Å²) in [5.41, 5.74) is 3.79. The van der Waals surface area contributed by atoms with Crippen LogP contribution in [0.5, 0.6) is 23.0 Å². The number of piperazine rings is 1. The molecule has 3 atom stereocenters. The number of hydrogen-bond acceptors (Lipinski definition) is 8. The second-order valence-corrected chi connectivity index (χ2v) is 11.6. The molecule has 0 bridgehead atoms. The van der Waals surface area contributed by atoms with Crippen LogP contribution in [-0.4, -0.2) is 72.4 Å². The molecule has 2 fully saturated rings.